The van der Waals surface area contributed by atoms with Crippen LogP contribution in [0.5, 0.6) is 0 Å². The van der Waals surface area contributed by atoms with Crippen LogP contribution in [0, 0.1) is 0 Å². The Labute approximate surface area is 189 Å². The van der Waals surface area contributed by atoms with Crippen LogP contribution >= 0.6 is 9.24 Å². The van der Waals surface area contributed by atoms with Crippen molar-refractivity contribution in [2.75, 3.05) is 38.9 Å². The summed E-state index contributed by atoms with van der Waals surface area (Å²) in [7, 11) is 2.53. The summed E-state index contributed by atoms with van der Waals surface area (Å²) in [4.78, 5) is 0. The van der Waals surface area contributed by atoms with E-state index < -0.39 is 0 Å². The van der Waals surface area contributed by atoms with Crippen LogP contribution in [0.15, 0.2) is 97.1 Å². The molecule has 0 aromatic heterocycles. The third kappa shape index (κ3) is 12.2. The first-order valence-electron chi connectivity index (χ1n) is 10.6. The van der Waals surface area contributed by atoms with Gasteiger partial charge in [0, 0.05) is 26.2 Å². The molecule has 4 nitrogen and oxygen atoms in total. The molecular weight excluding hydrogens is 399 g/mol. The van der Waals surface area contributed by atoms with E-state index in [0.29, 0.717) is 13.1 Å². The smallest absolute Gasteiger partial charge is 0.00750 e. The molecule has 0 saturated carbocycles. The minimum Gasteiger partial charge on any atom is -0.330 e. The van der Waals surface area contributed by atoms with Gasteiger partial charge in [0.05, 0.1) is 0 Å². The van der Waals surface area contributed by atoms with Crippen molar-refractivity contribution in [3.05, 3.63) is 97.1 Å². The van der Waals surface area contributed by atoms with Gasteiger partial charge in [-0.1, -0.05) is 97.1 Å². The average Bonchev–Trinajstić information content (AvgIpc) is 2.85. The third-order valence-electron chi connectivity index (χ3n) is 4.13. The van der Waals surface area contributed by atoms with E-state index in [9.17, 15) is 0 Å². The summed E-state index contributed by atoms with van der Waals surface area (Å²) in [6, 6.07) is 33.4. The highest BCUT2D eigenvalue weighted by Gasteiger charge is 1.86. The normalized spacial score (nSPS) is 9.55. The molecule has 0 aliphatic heterocycles. The van der Waals surface area contributed by atoms with Crippen LogP contribution in [0.1, 0.15) is 0 Å². The predicted octanol–water partition coefficient (Wildman–Crippen LogP) is 3.99. The summed E-state index contributed by atoms with van der Waals surface area (Å²) >= 11 is 0. The molecule has 0 aliphatic carbocycles. The molecule has 166 valence electrons. The predicted molar refractivity (Wildman–Crippen MR) is 143 cm³/mol. The second-order valence-electron chi connectivity index (χ2n) is 6.60. The summed E-state index contributed by atoms with van der Waals surface area (Å²) in [6.07, 6.45) is 1.01. The second kappa shape index (κ2) is 18.4. The number of nitrogens with one attached hydrogen (secondary N) is 1. The van der Waals surface area contributed by atoms with E-state index in [1.165, 1.54) is 21.5 Å². The largest absolute Gasteiger partial charge is 0.330 e. The van der Waals surface area contributed by atoms with Gasteiger partial charge in [-0.05, 0) is 34.3 Å². The van der Waals surface area contributed by atoms with Crippen molar-refractivity contribution < 1.29 is 0 Å². The Morgan fingerprint density at radius 2 is 0.710 bits per heavy atom. The molecule has 0 aliphatic rings. The van der Waals surface area contributed by atoms with Crippen molar-refractivity contribution in [1.29, 1.82) is 0 Å². The first-order valence-corrected chi connectivity index (χ1v) is 11.5. The standard InChI is InChI=1S/2C10H8.C4H13N3.C2H8NP/c2*1-2-6-10-8-4-3-7-9(10)5-1;5-1-3-7-4-2-6;3-1-2-4/h2*1-8H;7H,1-6H2;1-4H2. The van der Waals surface area contributed by atoms with Gasteiger partial charge >= 0.3 is 0 Å². The van der Waals surface area contributed by atoms with Crippen molar-refractivity contribution in [2.45, 2.75) is 0 Å². The monoisotopic (exact) mass is 436 g/mol. The van der Waals surface area contributed by atoms with Crippen LogP contribution in [-0.4, -0.2) is 38.9 Å². The summed E-state index contributed by atoms with van der Waals surface area (Å²) < 4.78 is 0. The van der Waals surface area contributed by atoms with Gasteiger partial charge in [0.2, 0.25) is 0 Å². The van der Waals surface area contributed by atoms with Crippen LogP contribution in [0.2, 0.25) is 0 Å². The lowest BCUT2D eigenvalue weighted by atomic mass is 10.1. The molecule has 0 heterocycles. The quantitative estimate of drug-likeness (QED) is 0.281. The van der Waals surface area contributed by atoms with Crippen molar-refractivity contribution in [3.8, 4) is 0 Å². The summed E-state index contributed by atoms with van der Waals surface area (Å²) in [5.41, 5.74) is 15.3. The van der Waals surface area contributed by atoms with E-state index in [1.807, 2.05) is 0 Å². The number of hydrogen-bond acceptors (Lipinski definition) is 4. The van der Waals surface area contributed by atoms with Crippen molar-refractivity contribution in [3.63, 3.8) is 0 Å². The second-order valence-corrected chi connectivity index (χ2v) is 7.18. The molecule has 0 amide bonds. The first-order chi connectivity index (χ1) is 15.3. The fourth-order valence-corrected chi connectivity index (χ4v) is 2.59. The van der Waals surface area contributed by atoms with Gasteiger partial charge in [0.1, 0.15) is 0 Å². The number of hydrogen-bond donors (Lipinski definition) is 4. The maximum atomic E-state index is 5.17. The topological polar surface area (TPSA) is 90.1 Å². The fourth-order valence-electron chi connectivity index (χ4n) is 2.59. The van der Waals surface area contributed by atoms with E-state index in [0.717, 1.165) is 25.8 Å². The van der Waals surface area contributed by atoms with Gasteiger partial charge in [-0.2, -0.15) is 0 Å². The minimum atomic E-state index is 0.694. The average molecular weight is 437 g/mol. The van der Waals surface area contributed by atoms with E-state index in [-0.39, 0.29) is 0 Å². The lowest BCUT2D eigenvalue weighted by Gasteiger charge is -1.95. The van der Waals surface area contributed by atoms with Crippen molar-refractivity contribution in [1.82, 2.24) is 5.32 Å². The Morgan fingerprint density at radius 1 is 0.484 bits per heavy atom. The van der Waals surface area contributed by atoms with Gasteiger partial charge in [-0.3, -0.25) is 0 Å². The first kappa shape index (κ1) is 26.7. The summed E-state index contributed by atoms with van der Waals surface area (Å²) in [6.45, 7) is 3.92. The van der Waals surface area contributed by atoms with Crippen LogP contribution < -0.4 is 22.5 Å². The maximum Gasteiger partial charge on any atom is 0.00750 e. The Hall–Kier alpha value is -2.33. The van der Waals surface area contributed by atoms with Gasteiger partial charge < -0.3 is 22.5 Å². The molecule has 7 N–H and O–H groups in total. The van der Waals surface area contributed by atoms with Gasteiger partial charge in [0.25, 0.3) is 0 Å². The van der Waals surface area contributed by atoms with Gasteiger partial charge in [0.15, 0.2) is 0 Å². The van der Waals surface area contributed by atoms with Crippen LogP contribution in [0.4, 0.5) is 0 Å². The molecule has 0 fully saturated rings. The van der Waals surface area contributed by atoms with Gasteiger partial charge in [-0.15, -0.1) is 9.24 Å². The van der Waals surface area contributed by atoms with Gasteiger partial charge in [-0.25, -0.2) is 0 Å². The fraction of sp³-hybridized carbons (Fsp3) is 0.231. The molecular formula is C26H37N4P. The molecule has 4 aromatic carbocycles. The van der Waals surface area contributed by atoms with Crippen LogP contribution in [0.25, 0.3) is 21.5 Å². The SMILES string of the molecule is NCCNCCN.NCCP.c1ccc2ccccc2c1.c1ccc2ccccc2c1. The molecule has 0 spiro atoms. The molecule has 1 atom stereocenters. The van der Waals surface area contributed by atoms with Crippen molar-refractivity contribution >= 4 is 30.8 Å². The lowest BCUT2D eigenvalue weighted by molar-refractivity contribution is 0.696. The maximum absolute atomic E-state index is 5.17. The zero-order valence-electron chi connectivity index (χ0n) is 18.3. The lowest BCUT2D eigenvalue weighted by Crippen LogP contribution is -2.27. The molecule has 1 unspecified atom stereocenters. The van der Waals surface area contributed by atoms with Crippen molar-refractivity contribution in [2.24, 2.45) is 17.2 Å². The zero-order chi connectivity index (χ0) is 22.6. The highest BCUT2D eigenvalue weighted by molar-refractivity contribution is 7.16. The Balaban J connectivity index is 0.000000218. The minimum absolute atomic E-state index is 0.694. The number of rotatable bonds is 5. The van der Waals surface area contributed by atoms with Crippen LogP contribution in [-0.2, 0) is 0 Å². The zero-order valence-corrected chi connectivity index (χ0v) is 19.4. The van der Waals surface area contributed by atoms with E-state index in [1.54, 1.807) is 0 Å². The molecule has 0 bridgehead atoms. The molecule has 0 saturated heterocycles. The van der Waals surface area contributed by atoms with E-state index >= 15 is 0 Å². The molecule has 4 aromatic rings. The molecule has 31 heavy (non-hydrogen) atoms. The third-order valence-corrected chi connectivity index (χ3v) is 4.46. The summed E-state index contributed by atoms with van der Waals surface area (Å²) in [5.74, 6) is 0. The highest BCUT2D eigenvalue weighted by atomic mass is 31.0. The molecule has 0 radical (unpaired) electrons. The van der Waals surface area contributed by atoms with E-state index in [2.05, 4.69) is 112 Å². The summed E-state index contributed by atoms with van der Waals surface area (Å²) in [5, 5.41) is 8.28. The number of fused-ring (bicyclic) bond motifs is 2. The highest BCUT2D eigenvalue weighted by Crippen LogP contribution is 2.12. The van der Waals surface area contributed by atoms with Crippen LogP contribution in [0.3, 0.4) is 0 Å². The number of nitrogens with two attached hydrogens (primary N) is 3. The Morgan fingerprint density at radius 3 is 0.871 bits per heavy atom. The number of benzene rings is 4. The Bertz CT molecular complexity index is 738. The van der Waals surface area contributed by atoms with E-state index in [4.69, 9.17) is 17.2 Å². The molecule has 5 heteroatoms. The molecule has 4 rings (SSSR count). The Kier molecular flexibility index (Phi) is 15.9.